The second kappa shape index (κ2) is 15.7. The van der Waals surface area contributed by atoms with Gasteiger partial charge in [-0.15, -0.1) is 0 Å². The van der Waals surface area contributed by atoms with Crippen LogP contribution in [0.25, 0.3) is 0 Å². The zero-order valence-electron chi connectivity index (χ0n) is 22.3. The average Bonchev–Trinajstić information content (AvgIpc) is 2.83. The van der Waals surface area contributed by atoms with E-state index in [0.717, 1.165) is 44.1 Å². The average molecular weight is 515 g/mol. The molecule has 0 spiro atoms. The molecule has 2 heterocycles. The van der Waals surface area contributed by atoms with E-state index in [1.807, 2.05) is 13.8 Å². The van der Waals surface area contributed by atoms with Gasteiger partial charge in [0, 0.05) is 24.3 Å². The number of carbonyl (C=O) groups excluding carboxylic acids is 2. The highest BCUT2D eigenvalue weighted by molar-refractivity contribution is 5.82. The molecule has 0 radical (unpaired) electrons. The van der Waals surface area contributed by atoms with Gasteiger partial charge in [-0.1, -0.05) is 38.2 Å². The number of hydrogen-bond acceptors (Lipinski definition) is 9. The van der Waals surface area contributed by atoms with Gasteiger partial charge >= 0.3 is 11.9 Å². The summed E-state index contributed by atoms with van der Waals surface area (Å²) in [6.07, 6.45) is 4.56. The van der Waals surface area contributed by atoms with E-state index < -0.39 is 42.6 Å². The third kappa shape index (κ3) is 9.74. The Morgan fingerprint density at radius 1 is 1.08 bits per heavy atom. The molecule has 9 nitrogen and oxygen atoms in total. The molecule has 208 valence electrons. The van der Waals surface area contributed by atoms with Crippen LogP contribution < -0.4 is 0 Å². The number of rotatable bonds is 14. The lowest BCUT2D eigenvalue weighted by atomic mass is 9.80. The summed E-state index contributed by atoms with van der Waals surface area (Å²) in [5.41, 5.74) is 0.748. The van der Waals surface area contributed by atoms with Gasteiger partial charge in [-0.25, -0.2) is 4.79 Å². The van der Waals surface area contributed by atoms with E-state index in [0.29, 0.717) is 32.5 Å². The van der Waals surface area contributed by atoms with Gasteiger partial charge in [0.25, 0.3) is 0 Å². The first kappa shape index (κ1) is 30.7. The van der Waals surface area contributed by atoms with Crippen LogP contribution in [-0.4, -0.2) is 84.2 Å². The topological polar surface area (TPSA) is 132 Å². The van der Waals surface area contributed by atoms with Crippen molar-refractivity contribution in [1.29, 1.82) is 0 Å². The summed E-state index contributed by atoms with van der Waals surface area (Å²) in [6.45, 7) is 6.02. The van der Waals surface area contributed by atoms with Gasteiger partial charge in [0.15, 0.2) is 0 Å². The molecule has 0 aromatic rings. The summed E-state index contributed by atoms with van der Waals surface area (Å²) in [6, 6.07) is 0. The number of unbranched alkanes of at least 4 members (excludes halogenated alkanes) is 5. The summed E-state index contributed by atoms with van der Waals surface area (Å²) < 4.78 is 21.9. The number of aliphatic hydroxyl groups excluding tert-OH is 3. The number of hydrogen-bond donors (Lipinski definition) is 3. The highest BCUT2D eigenvalue weighted by atomic mass is 16.6. The Morgan fingerprint density at radius 3 is 2.42 bits per heavy atom. The van der Waals surface area contributed by atoms with Crippen molar-refractivity contribution in [2.75, 3.05) is 20.3 Å². The third-order valence-corrected chi connectivity index (χ3v) is 7.36. The lowest BCUT2D eigenvalue weighted by molar-refractivity contribution is -0.252. The minimum Gasteiger partial charge on any atom is -0.469 e. The standard InChI is InChI=1S/C27H46O9/c1-17(14-24(31)34-12-10-8-6-5-7-9-11-23(30)33-4)13-22-25(32)27-20(16-35-22)15-21(29)26(36-27)18(2)19(3)28/h14,18-22,25-29,32H,5-13,15-16H2,1-4H3/b17-14+/t18-,19-,20-,21-,22-,25-,26+,27+/m0/s1. The minimum absolute atomic E-state index is 0.120. The molecule has 2 aliphatic heterocycles. The van der Waals surface area contributed by atoms with Gasteiger partial charge < -0.3 is 34.3 Å². The summed E-state index contributed by atoms with van der Waals surface area (Å²) in [7, 11) is 1.40. The van der Waals surface area contributed by atoms with E-state index in [9.17, 15) is 24.9 Å². The fourth-order valence-electron chi connectivity index (χ4n) is 4.94. The van der Waals surface area contributed by atoms with Crippen molar-refractivity contribution < 1.29 is 43.9 Å². The van der Waals surface area contributed by atoms with Crippen molar-refractivity contribution in [2.24, 2.45) is 11.8 Å². The van der Waals surface area contributed by atoms with E-state index >= 15 is 0 Å². The highest BCUT2D eigenvalue weighted by Crippen LogP contribution is 2.37. The van der Waals surface area contributed by atoms with Crippen LogP contribution in [0, 0.1) is 11.8 Å². The summed E-state index contributed by atoms with van der Waals surface area (Å²) >= 11 is 0. The van der Waals surface area contributed by atoms with Crippen LogP contribution >= 0.6 is 0 Å². The Labute approximate surface area is 215 Å². The molecule has 2 saturated heterocycles. The molecule has 3 N–H and O–H groups in total. The van der Waals surface area contributed by atoms with E-state index in [2.05, 4.69) is 4.74 Å². The van der Waals surface area contributed by atoms with Crippen molar-refractivity contribution in [3.05, 3.63) is 11.6 Å². The first-order valence-corrected chi connectivity index (χ1v) is 13.4. The van der Waals surface area contributed by atoms with Crippen LogP contribution in [0.5, 0.6) is 0 Å². The second-order valence-electron chi connectivity index (χ2n) is 10.4. The lowest BCUT2D eigenvalue weighted by Crippen LogP contribution is -2.59. The Kier molecular flexibility index (Phi) is 13.4. The third-order valence-electron chi connectivity index (χ3n) is 7.36. The largest absolute Gasteiger partial charge is 0.469 e. The normalized spacial score (nSPS) is 30.2. The Balaban J connectivity index is 1.69. The molecule has 0 aliphatic carbocycles. The fourth-order valence-corrected chi connectivity index (χ4v) is 4.94. The lowest BCUT2D eigenvalue weighted by Gasteiger charge is -2.48. The summed E-state index contributed by atoms with van der Waals surface area (Å²) in [4.78, 5) is 23.2. The molecule has 2 aliphatic rings. The Hall–Kier alpha value is -1.52. The molecule has 8 atom stereocenters. The summed E-state index contributed by atoms with van der Waals surface area (Å²) in [5.74, 6) is -0.961. The predicted molar refractivity (Wildman–Crippen MR) is 133 cm³/mol. The Morgan fingerprint density at radius 2 is 1.75 bits per heavy atom. The van der Waals surface area contributed by atoms with Crippen LogP contribution in [0.1, 0.15) is 78.6 Å². The summed E-state index contributed by atoms with van der Waals surface area (Å²) in [5, 5.41) is 31.3. The van der Waals surface area contributed by atoms with Crippen molar-refractivity contribution in [2.45, 2.75) is 115 Å². The highest BCUT2D eigenvalue weighted by Gasteiger charge is 2.48. The SMILES string of the molecule is COC(=O)CCCCCCCCOC(=O)/C=C(\C)C[C@@H]1OC[C@@H]2C[C@H](O)[C@@H]([C@@H](C)[C@H](C)O)O[C@H]2[C@H]1O. The van der Waals surface area contributed by atoms with Gasteiger partial charge in [0.05, 0.1) is 50.8 Å². The molecule has 0 saturated carbocycles. The number of esters is 2. The van der Waals surface area contributed by atoms with Crippen LogP contribution in [-0.2, 0) is 28.5 Å². The molecule has 2 rings (SSSR count). The fraction of sp³-hybridized carbons (Fsp3) is 0.852. The first-order chi connectivity index (χ1) is 17.1. The molecule has 36 heavy (non-hydrogen) atoms. The molecule has 0 amide bonds. The van der Waals surface area contributed by atoms with Gasteiger partial charge in [-0.05, 0) is 39.5 Å². The molecule has 9 heteroatoms. The van der Waals surface area contributed by atoms with E-state index in [1.54, 1.807) is 6.92 Å². The maximum Gasteiger partial charge on any atom is 0.330 e. The predicted octanol–water partition coefficient (Wildman–Crippen LogP) is 2.68. The van der Waals surface area contributed by atoms with Crippen molar-refractivity contribution >= 4 is 11.9 Å². The Bertz CT molecular complexity index is 707. The van der Waals surface area contributed by atoms with E-state index in [-0.39, 0.29) is 17.8 Å². The number of methoxy groups -OCH3 is 1. The van der Waals surface area contributed by atoms with Crippen molar-refractivity contribution in [3.63, 3.8) is 0 Å². The van der Waals surface area contributed by atoms with E-state index in [4.69, 9.17) is 14.2 Å². The molecular formula is C27H46O9. The zero-order valence-corrected chi connectivity index (χ0v) is 22.3. The minimum atomic E-state index is -0.896. The second-order valence-corrected chi connectivity index (χ2v) is 10.4. The molecule has 0 aromatic carbocycles. The van der Waals surface area contributed by atoms with Crippen LogP contribution in [0.2, 0.25) is 0 Å². The van der Waals surface area contributed by atoms with Gasteiger partial charge in [0.2, 0.25) is 0 Å². The number of ether oxygens (including phenoxy) is 4. The maximum atomic E-state index is 12.2. The quantitative estimate of drug-likeness (QED) is 0.182. The van der Waals surface area contributed by atoms with Crippen molar-refractivity contribution in [3.8, 4) is 0 Å². The number of carbonyl (C=O) groups is 2. The van der Waals surface area contributed by atoms with Crippen LogP contribution in [0.4, 0.5) is 0 Å². The van der Waals surface area contributed by atoms with Crippen LogP contribution in [0.3, 0.4) is 0 Å². The molecule has 0 aromatic heterocycles. The monoisotopic (exact) mass is 514 g/mol. The van der Waals surface area contributed by atoms with E-state index in [1.165, 1.54) is 13.2 Å². The first-order valence-electron chi connectivity index (χ1n) is 13.4. The van der Waals surface area contributed by atoms with Crippen molar-refractivity contribution in [1.82, 2.24) is 0 Å². The molecule has 0 bridgehead atoms. The molecule has 0 unspecified atom stereocenters. The van der Waals surface area contributed by atoms with Crippen LogP contribution in [0.15, 0.2) is 11.6 Å². The smallest absolute Gasteiger partial charge is 0.330 e. The zero-order chi connectivity index (χ0) is 26.7. The van der Waals surface area contributed by atoms with Gasteiger partial charge in [-0.2, -0.15) is 0 Å². The molecular weight excluding hydrogens is 468 g/mol. The van der Waals surface area contributed by atoms with Gasteiger partial charge in [-0.3, -0.25) is 4.79 Å². The maximum absolute atomic E-state index is 12.2. The molecule has 2 fully saturated rings. The number of aliphatic hydroxyl groups is 3. The number of fused-ring (bicyclic) bond motifs is 1. The van der Waals surface area contributed by atoms with Gasteiger partial charge in [0.1, 0.15) is 6.10 Å².